The summed E-state index contributed by atoms with van der Waals surface area (Å²) in [5, 5.41) is 3.62. The van der Waals surface area contributed by atoms with Crippen LogP contribution in [0.1, 0.15) is 19.4 Å². The Balaban J connectivity index is 1.87. The van der Waals surface area contributed by atoms with Gasteiger partial charge in [0.15, 0.2) is 0 Å². The Morgan fingerprint density at radius 1 is 1.32 bits per heavy atom. The van der Waals surface area contributed by atoms with Crippen LogP contribution >= 0.6 is 0 Å². The third-order valence-electron chi connectivity index (χ3n) is 3.82. The molecule has 0 bridgehead atoms. The van der Waals surface area contributed by atoms with E-state index in [1.54, 1.807) is 7.11 Å². The Bertz CT molecular complexity index is 378. The van der Waals surface area contributed by atoms with Crippen molar-refractivity contribution in [3.05, 3.63) is 35.9 Å². The maximum atomic E-state index is 5.53. The van der Waals surface area contributed by atoms with Crippen LogP contribution in [0.2, 0.25) is 0 Å². The molecule has 1 unspecified atom stereocenters. The summed E-state index contributed by atoms with van der Waals surface area (Å²) < 4.78 is 5.53. The lowest BCUT2D eigenvalue weighted by atomic mass is 10.0. The molecule has 1 aromatic rings. The standard InChI is InChI=1S/C16H26N2O/c1-16(2,19-3)13-18-10-9-17-15(12-18)11-14-7-5-4-6-8-14/h4-8,15,17H,9-13H2,1-3H3. The predicted molar refractivity (Wildman–Crippen MR) is 79.5 cm³/mol. The molecule has 0 radical (unpaired) electrons. The number of benzene rings is 1. The van der Waals surface area contributed by atoms with Gasteiger partial charge in [-0.1, -0.05) is 30.3 Å². The molecule has 19 heavy (non-hydrogen) atoms. The van der Waals surface area contributed by atoms with E-state index in [9.17, 15) is 0 Å². The quantitative estimate of drug-likeness (QED) is 0.877. The predicted octanol–water partition coefficient (Wildman–Crippen LogP) is 1.93. The molecule has 1 aliphatic heterocycles. The van der Waals surface area contributed by atoms with Gasteiger partial charge in [-0.05, 0) is 25.8 Å². The summed E-state index contributed by atoms with van der Waals surface area (Å²) in [7, 11) is 1.80. The zero-order chi connectivity index (χ0) is 13.7. The van der Waals surface area contributed by atoms with Crippen molar-refractivity contribution >= 4 is 0 Å². The Labute approximate surface area is 116 Å². The van der Waals surface area contributed by atoms with Crippen LogP contribution in [0.15, 0.2) is 30.3 Å². The average molecular weight is 262 g/mol. The molecule has 1 N–H and O–H groups in total. The van der Waals surface area contributed by atoms with E-state index in [-0.39, 0.29) is 5.60 Å². The number of piperazine rings is 1. The van der Waals surface area contributed by atoms with Crippen LogP contribution in [-0.4, -0.2) is 49.8 Å². The summed E-state index contributed by atoms with van der Waals surface area (Å²) in [5.74, 6) is 0. The number of nitrogens with zero attached hydrogens (tertiary/aromatic N) is 1. The summed E-state index contributed by atoms with van der Waals surface area (Å²) in [6, 6.07) is 11.3. The van der Waals surface area contributed by atoms with Crippen molar-refractivity contribution in [1.82, 2.24) is 10.2 Å². The molecule has 1 aromatic carbocycles. The van der Waals surface area contributed by atoms with Crippen LogP contribution in [0.4, 0.5) is 0 Å². The molecule has 0 amide bonds. The van der Waals surface area contributed by atoms with Gasteiger partial charge in [0, 0.05) is 39.3 Å². The first-order chi connectivity index (χ1) is 9.09. The van der Waals surface area contributed by atoms with Gasteiger partial charge in [0.2, 0.25) is 0 Å². The monoisotopic (exact) mass is 262 g/mol. The van der Waals surface area contributed by atoms with Gasteiger partial charge in [0.05, 0.1) is 5.60 Å². The number of nitrogens with one attached hydrogen (secondary N) is 1. The highest BCUT2D eigenvalue weighted by Crippen LogP contribution is 2.13. The van der Waals surface area contributed by atoms with E-state index >= 15 is 0 Å². The first-order valence-corrected chi connectivity index (χ1v) is 7.14. The van der Waals surface area contributed by atoms with Crippen molar-refractivity contribution in [2.24, 2.45) is 0 Å². The zero-order valence-corrected chi connectivity index (χ0v) is 12.4. The maximum Gasteiger partial charge on any atom is 0.0749 e. The van der Waals surface area contributed by atoms with Crippen LogP contribution in [0.25, 0.3) is 0 Å². The lowest BCUT2D eigenvalue weighted by Gasteiger charge is -2.38. The Morgan fingerprint density at radius 2 is 2.05 bits per heavy atom. The average Bonchev–Trinajstić information content (AvgIpc) is 2.40. The Hall–Kier alpha value is -0.900. The lowest BCUT2D eigenvalue weighted by molar-refractivity contribution is -0.0132. The van der Waals surface area contributed by atoms with Crippen molar-refractivity contribution < 1.29 is 4.74 Å². The number of methoxy groups -OCH3 is 1. The first-order valence-electron chi connectivity index (χ1n) is 7.14. The minimum atomic E-state index is -0.0609. The van der Waals surface area contributed by atoms with Crippen LogP contribution in [0, 0.1) is 0 Å². The van der Waals surface area contributed by atoms with Crippen molar-refractivity contribution in [1.29, 1.82) is 0 Å². The fourth-order valence-corrected chi connectivity index (χ4v) is 2.68. The number of ether oxygens (including phenoxy) is 1. The molecular formula is C16H26N2O. The zero-order valence-electron chi connectivity index (χ0n) is 12.4. The van der Waals surface area contributed by atoms with E-state index in [0.717, 1.165) is 32.6 Å². The molecule has 1 heterocycles. The van der Waals surface area contributed by atoms with Crippen LogP contribution in [0.3, 0.4) is 0 Å². The molecule has 1 fully saturated rings. The van der Waals surface area contributed by atoms with E-state index in [0.29, 0.717) is 6.04 Å². The van der Waals surface area contributed by atoms with Gasteiger partial charge in [-0.2, -0.15) is 0 Å². The van der Waals surface area contributed by atoms with Crippen LogP contribution in [-0.2, 0) is 11.2 Å². The van der Waals surface area contributed by atoms with Gasteiger partial charge in [-0.15, -0.1) is 0 Å². The van der Waals surface area contributed by atoms with Crippen molar-refractivity contribution in [2.45, 2.75) is 31.9 Å². The minimum absolute atomic E-state index is 0.0609. The Morgan fingerprint density at radius 3 is 2.74 bits per heavy atom. The highest BCUT2D eigenvalue weighted by atomic mass is 16.5. The Kier molecular flexibility index (Phi) is 4.97. The molecular weight excluding hydrogens is 236 g/mol. The van der Waals surface area contributed by atoms with E-state index < -0.39 is 0 Å². The van der Waals surface area contributed by atoms with Crippen LogP contribution in [0.5, 0.6) is 0 Å². The number of hydrogen-bond donors (Lipinski definition) is 1. The van der Waals surface area contributed by atoms with Gasteiger partial charge < -0.3 is 10.1 Å². The molecule has 0 aromatic heterocycles. The van der Waals surface area contributed by atoms with Crippen molar-refractivity contribution in [3.63, 3.8) is 0 Å². The van der Waals surface area contributed by atoms with E-state index in [4.69, 9.17) is 4.74 Å². The molecule has 0 aliphatic carbocycles. The summed E-state index contributed by atoms with van der Waals surface area (Å²) in [5.41, 5.74) is 1.35. The van der Waals surface area contributed by atoms with E-state index in [1.165, 1.54) is 5.56 Å². The van der Waals surface area contributed by atoms with Gasteiger partial charge in [0.1, 0.15) is 0 Å². The van der Waals surface area contributed by atoms with Gasteiger partial charge in [-0.25, -0.2) is 0 Å². The van der Waals surface area contributed by atoms with Gasteiger partial charge in [-0.3, -0.25) is 4.90 Å². The van der Waals surface area contributed by atoms with Crippen molar-refractivity contribution in [3.8, 4) is 0 Å². The summed E-state index contributed by atoms with van der Waals surface area (Å²) in [4.78, 5) is 2.51. The minimum Gasteiger partial charge on any atom is -0.377 e. The maximum absolute atomic E-state index is 5.53. The molecule has 0 saturated carbocycles. The summed E-state index contributed by atoms with van der Waals surface area (Å²) in [6.45, 7) is 8.58. The highest BCUT2D eigenvalue weighted by Gasteiger charge is 2.25. The largest absolute Gasteiger partial charge is 0.377 e. The normalized spacial score (nSPS) is 21.5. The third kappa shape index (κ3) is 4.60. The second-order valence-electron chi connectivity index (χ2n) is 6.04. The van der Waals surface area contributed by atoms with Crippen LogP contribution < -0.4 is 5.32 Å². The lowest BCUT2D eigenvalue weighted by Crippen LogP contribution is -2.54. The molecule has 3 heteroatoms. The second-order valence-corrected chi connectivity index (χ2v) is 6.04. The molecule has 1 atom stereocenters. The molecule has 3 nitrogen and oxygen atoms in total. The first kappa shape index (κ1) is 14.5. The molecule has 2 rings (SSSR count). The van der Waals surface area contributed by atoms with E-state index in [2.05, 4.69) is 54.4 Å². The highest BCUT2D eigenvalue weighted by molar-refractivity contribution is 5.16. The van der Waals surface area contributed by atoms with Gasteiger partial charge in [0.25, 0.3) is 0 Å². The topological polar surface area (TPSA) is 24.5 Å². The number of hydrogen-bond acceptors (Lipinski definition) is 3. The second kappa shape index (κ2) is 6.51. The smallest absolute Gasteiger partial charge is 0.0749 e. The van der Waals surface area contributed by atoms with Crippen molar-refractivity contribution in [2.75, 3.05) is 33.3 Å². The van der Waals surface area contributed by atoms with E-state index in [1.807, 2.05) is 0 Å². The molecule has 106 valence electrons. The summed E-state index contributed by atoms with van der Waals surface area (Å²) in [6.07, 6.45) is 1.10. The molecule has 1 saturated heterocycles. The fourth-order valence-electron chi connectivity index (χ4n) is 2.68. The third-order valence-corrected chi connectivity index (χ3v) is 3.82. The molecule has 0 spiro atoms. The number of rotatable bonds is 5. The SMILES string of the molecule is COC(C)(C)CN1CCNC(Cc2ccccc2)C1. The van der Waals surface area contributed by atoms with Gasteiger partial charge >= 0.3 is 0 Å². The molecule has 1 aliphatic rings. The summed E-state index contributed by atoms with van der Waals surface area (Å²) >= 11 is 0. The fraction of sp³-hybridized carbons (Fsp3) is 0.625.